The van der Waals surface area contributed by atoms with Gasteiger partial charge >= 0.3 is 6.09 Å². The molecule has 1 aromatic carbocycles. The first kappa shape index (κ1) is 23.0. The number of carbonyl (C=O) groups excluding carboxylic acids is 1. The maximum Gasteiger partial charge on any atom is 0.410 e. The molecule has 0 saturated carbocycles. The topological polar surface area (TPSA) is 95.3 Å². The molecule has 3 aromatic heterocycles. The first-order valence-corrected chi connectivity index (χ1v) is 11.8. The summed E-state index contributed by atoms with van der Waals surface area (Å²) in [6.07, 6.45) is 4.30. The number of fused-ring (bicyclic) bond motifs is 2. The molecule has 0 aliphatic carbocycles. The van der Waals surface area contributed by atoms with Gasteiger partial charge in [-0.1, -0.05) is 0 Å². The maximum absolute atomic E-state index is 12.4. The molecule has 1 aliphatic rings. The smallest absolute Gasteiger partial charge is 0.410 e. The number of nitrogens with zero attached hydrogens (tertiary/aromatic N) is 6. The Bertz CT molecular complexity index is 1440. The Kier molecular flexibility index (Phi) is 5.57. The number of methoxy groups -OCH3 is 1. The fraction of sp³-hybridized carbons (Fsp3) is 0.423. The molecule has 4 heterocycles. The molecule has 1 atom stereocenters. The highest BCUT2D eigenvalue weighted by Crippen LogP contribution is 2.36. The molecule has 0 bridgehead atoms. The highest BCUT2D eigenvalue weighted by molar-refractivity contribution is 5.91. The molecule has 1 amide bonds. The van der Waals surface area contributed by atoms with Crippen LogP contribution in [0.5, 0.6) is 5.75 Å². The van der Waals surface area contributed by atoms with Crippen LogP contribution in [0.4, 0.5) is 4.79 Å². The zero-order valence-corrected chi connectivity index (χ0v) is 21.0. The summed E-state index contributed by atoms with van der Waals surface area (Å²) in [7, 11) is 3.55. The third kappa shape index (κ3) is 4.38. The zero-order valence-electron chi connectivity index (χ0n) is 21.0. The van der Waals surface area contributed by atoms with Crippen molar-refractivity contribution in [3.63, 3.8) is 0 Å². The van der Waals surface area contributed by atoms with E-state index in [1.807, 2.05) is 59.1 Å². The van der Waals surface area contributed by atoms with Gasteiger partial charge in [-0.25, -0.2) is 19.7 Å². The molecule has 9 nitrogen and oxygen atoms in total. The third-order valence-corrected chi connectivity index (χ3v) is 6.26. The summed E-state index contributed by atoms with van der Waals surface area (Å²) in [6.45, 7) is 8.88. The Balaban J connectivity index is 1.43. The molecule has 5 rings (SSSR count). The van der Waals surface area contributed by atoms with Gasteiger partial charge in [0.25, 0.3) is 0 Å². The summed E-state index contributed by atoms with van der Waals surface area (Å²) in [6, 6.07) is 5.98. The van der Waals surface area contributed by atoms with Crippen molar-refractivity contribution in [2.24, 2.45) is 7.05 Å². The number of hydrogen-bond donors (Lipinski definition) is 0. The predicted molar refractivity (Wildman–Crippen MR) is 133 cm³/mol. The number of hydrogen-bond acceptors (Lipinski definition) is 7. The van der Waals surface area contributed by atoms with E-state index >= 15 is 0 Å². The van der Waals surface area contributed by atoms with Crippen molar-refractivity contribution in [3.8, 4) is 17.1 Å². The Hall–Kier alpha value is -3.75. The Morgan fingerprint density at radius 1 is 1.17 bits per heavy atom. The van der Waals surface area contributed by atoms with E-state index in [0.717, 1.165) is 45.2 Å². The number of ether oxygens (including phenoxy) is 2. The van der Waals surface area contributed by atoms with Crippen LogP contribution >= 0.6 is 0 Å². The summed E-state index contributed by atoms with van der Waals surface area (Å²) in [5, 5.41) is 5.55. The molecular weight excluding hydrogens is 444 g/mol. The van der Waals surface area contributed by atoms with E-state index < -0.39 is 5.60 Å². The molecule has 4 aromatic rings. The lowest BCUT2D eigenvalue weighted by Crippen LogP contribution is -2.35. The van der Waals surface area contributed by atoms with E-state index in [2.05, 4.69) is 10.1 Å². The predicted octanol–water partition coefficient (Wildman–Crippen LogP) is 4.62. The van der Waals surface area contributed by atoms with Crippen molar-refractivity contribution in [3.05, 3.63) is 41.9 Å². The summed E-state index contributed by atoms with van der Waals surface area (Å²) < 4.78 is 13.0. The fourth-order valence-electron chi connectivity index (χ4n) is 4.65. The zero-order chi connectivity index (χ0) is 24.9. The van der Waals surface area contributed by atoms with Crippen LogP contribution in [-0.4, -0.2) is 61.5 Å². The number of aryl methyl sites for hydroxylation is 2. The highest BCUT2D eigenvalue weighted by atomic mass is 16.6. The highest BCUT2D eigenvalue weighted by Gasteiger charge is 2.31. The second-order valence-corrected chi connectivity index (χ2v) is 10.1. The average molecular weight is 475 g/mol. The standard InChI is InChI=1S/C26H30N6O3/c1-15-22-17(13-31(5)30-22)11-18(23(15)34-6)24-27-12-21-20(29-24)8-7-19(28-21)16-9-10-32(14-16)25(33)35-26(2,3)4/h7-8,11-13,16H,9-10,14H2,1-6H3. The Labute approximate surface area is 204 Å². The second kappa shape index (κ2) is 8.48. The molecule has 1 aliphatic heterocycles. The SMILES string of the molecule is COc1c(-c2ncc3nc(C4CCN(C(=O)OC(C)(C)C)C4)ccc3n2)cc2cn(C)nc2c1C. The van der Waals surface area contributed by atoms with Gasteiger partial charge in [0, 0.05) is 48.9 Å². The molecule has 0 radical (unpaired) electrons. The van der Waals surface area contributed by atoms with Crippen molar-refractivity contribution >= 4 is 28.0 Å². The van der Waals surface area contributed by atoms with Crippen LogP contribution in [0.2, 0.25) is 0 Å². The van der Waals surface area contributed by atoms with Crippen LogP contribution in [-0.2, 0) is 11.8 Å². The normalized spacial score (nSPS) is 16.3. The molecule has 1 saturated heterocycles. The molecule has 182 valence electrons. The van der Waals surface area contributed by atoms with Gasteiger partial charge in [-0.2, -0.15) is 5.10 Å². The van der Waals surface area contributed by atoms with Crippen LogP contribution in [0.1, 0.15) is 44.4 Å². The Morgan fingerprint density at radius 2 is 1.97 bits per heavy atom. The van der Waals surface area contributed by atoms with Crippen LogP contribution in [0.25, 0.3) is 33.3 Å². The quantitative estimate of drug-likeness (QED) is 0.427. The minimum Gasteiger partial charge on any atom is -0.496 e. The summed E-state index contributed by atoms with van der Waals surface area (Å²) in [4.78, 5) is 28.4. The van der Waals surface area contributed by atoms with Crippen LogP contribution < -0.4 is 4.74 Å². The third-order valence-electron chi connectivity index (χ3n) is 6.26. The van der Waals surface area contributed by atoms with Crippen LogP contribution in [0.3, 0.4) is 0 Å². The van der Waals surface area contributed by atoms with E-state index in [1.165, 1.54) is 0 Å². The van der Waals surface area contributed by atoms with Gasteiger partial charge in [0.1, 0.15) is 16.9 Å². The van der Waals surface area contributed by atoms with Crippen molar-refractivity contribution in [1.82, 2.24) is 29.6 Å². The van der Waals surface area contributed by atoms with E-state index in [1.54, 1.807) is 22.9 Å². The minimum absolute atomic E-state index is 0.155. The number of pyridine rings is 1. The van der Waals surface area contributed by atoms with Gasteiger partial charge in [0.15, 0.2) is 5.82 Å². The van der Waals surface area contributed by atoms with Gasteiger partial charge in [-0.05, 0) is 52.3 Å². The largest absolute Gasteiger partial charge is 0.496 e. The van der Waals surface area contributed by atoms with Crippen molar-refractivity contribution in [1.29, 1.82) is 0 Å². The summed E-state index contributed by atoms with van der Waals surface area (Å²) in [5.41, 5.74) is 4.58. The number of likely N-dealkylation sites (tertiary alicyclic amines) is 1. The average Bonchev–Trinajstić information content (AvgIpc) is 3.44. The fourth-order valence-corrected chi connectivity index (χ4v) is 4.65. The van der Waals surface area contributed by atoms with Crippen LogP contribution in [0.15, 0.2) is 30.6 Å². The van der Waals surface area contributed by atoms with E-state index in [0.29, 0.717) is 24.7 Å². The molecule has 35 heavy (non-hydrogen) atoms. The van der Waals surface area contributed by atoms with Gasteiger partial charge in [0.05, 0.1) is 29.9 Å². The lowest BCUT2D eigenvalue weighted by Gasteiger charge is -2.24. The molecule has 9 heteroatoms. The van der Waals surface area contributed by atoms with Crippen molar-refractivity contribution in [2.45, 2.75) is 45.6 Å². The molecule has 1 fully saturated rings. The van der Waals surface area contributed by atoms with Crippen molar-refractivity contribution < 1.29 is 14.3 Å². The van der Waals surface area contributed by atoms with E-state index in [9.17, 15) is 4.79 Å². The lowest BCUT2D eigenvalue weighted by molar-refractivity contribution is 0.0292. The van der Waals surface area contributed by atoms with E-state index in [4.69, 9.17) is 19.4 Å². The summed E-state index contributed by atoms with van der Waals surface area (Å²) >= 11 is 0. The second-order valence-electron chi connectivity index (χ2n) is 10.1. The molecule has 0 spiro atoms. The van der Waals surface area contributed by atoms with E-state index in [-0.39, 0.29) is 12.0 Å². The lowest BCUT2D eigenvalue weighted by atomic mass is 10.0. The van der Waals surface area contributed by atoms with Gasteiger partial charge < -0.3 is 14.4 Å². The van der Waals surface area contributed by atoms with Crippen LogP contribution in [0, 0.1) is 6.92 Å². The molecule has 1 unspecified atom stereocenters. The number of carbonyl (C=O) groups is 1. The van der Waals surface area contributed by atoms with Gasteiger partial charge in [-0.15, -0.1) is 0 Å². The van der Waals surface area contributed by atoms with Gasteiger partial charge in [-0.3, -0.25) is 4.68 Å². The van der Waals surface area contributed by atoms with Gasteiger partial charge in [0.2, 0.25) is 0 Å². The summed E-state index contributed by atoms with van der Waals surface area (Å²) in [5.74, 6) is 1.45. The number of benzene rings is 1. The minimum atomic E-state index is -0.506. The molecule has 0 N–H and O–H groups in total. The first-order valence-electron chi connectivity index (χ1n) is 11.8. The van der Waals surface area contributed by atoms with Crippen molar-refractivity contribution in [2.75, 3.05) is 20.2 Å². The number of aromatic nitrogens is 5. The number of rotatable bonds is 3. The monoisotopic (exact) mass is 474 g/mol. The molecular formula is C26H30N6O3. The first-order chi connectivity index (χ1) is 16.6. The Morgan fingerprint density at radius 3 is 2.71 bits per heavy atom. The maximum atomic E-state index is 12.4. The number of amides is 1.